The van der Waals surface area contributed by atoms with Gasteiger partial charge in [-0.05, 0) is 55.2 Å². The van der Waals surface area contributed by atoms with Crippen molar-refractivity contribution in [3.05, 3.63) is 95.6 Å². The van der Waals surface area contributed by atoms with Gasteiger partial charge in [0.15, 0.2) is 0 Å². The molecule has 0 bridgehead atoms. The third-order valence-electron chi connectivity index (χ3n) is 4.84. The minimum absolute atomic E-state index is 0.102. The van der Waals surface area contributed by atoms with Crippen LogP contribution in [0.25, 0.3) is 0 Å². The van der Waals surface area contributed by atoms with E-state index in [4.69, 9.17) is 0 Å². The molecule has 29 heavy (non-hydrogen) atoms. The fourth-order valence-corrected chi connectivity index (χ4v) is 4.55. The van der Waals surface area contributed by atoms with Crippen LogP contribution < -0.4 is 4.31 Å². The van der Waals surface area contributed by atoms with Gasteiger partial charge in [0.2, 0.25) is 5.91 Å². The van der Waals surface area contributed by atoms with Gasteiger partial charge in [-0.1, -0.05) is 67.1 Å². The van der Waals surface area contributed by atoms with E-state index in [9.17, 15) is 13.2 Å². The maximum Gasteiger partial charge on any atom is 0.270 e. The van der Waals surface area contributed by atoms with Crippen molar-refractivity contribution >= 4 is 21.6 Å². The van der Waals surface area contributed by atoms with Crippen LogP contribution in [0, 0.1) is 6.92 Å². The lowest BCUT2D eigenvalue weighted by Crippen LogP contribution is -2.37. The van der Waals surface area contributed by atoms with Crippen molar-refractivity contribution in [2.75, 3.05) is 4.31 Å². The molecule has 3 aromatic rings. The number of benzene rings is 3. The fraction of sp³-hybridized carbons (Fsp3) is 0.208. The predicted octanol–water partition coefficient (Wildman–Crippen LogP) is 4.91. The largest absolute Gasteiger partial charge is 0.273 e. The lowest BCUT2D eigenvalue weighted by molar-refractivity contribution is -0.117. The van der Waals surface area contributed by atoms with Crippen LogP contribution in [0.3, 0.4) is 0 Å². The zero-order chi connectivity index (χ0) is 20.9. The van der Waals surface area contributed by atoms with Gasteiger partial charge in [0.1, 0.15) is 0 Å². The number of anilines is 1. The molecule has 4 nitrogen and oxygen atoms in total. The Bertz CT molecular complexity index is 1060. The van der Waals surface area contributed by atoms with Crippen LogP contribution in [-0.4, -0.2) is 14.3 Å². The smallest absolute Gasteiger partial charge is 0.270 e. The van der Waals surface area contributed by atoms with Crippen LogP contribution >= 0.6 is 0 Å². The summed E-state index contributed by atoms with van der Waals surface area (Å²) in [6.07, 6.45) is 1.42. The lowest BCUT2D eigenvalue weighted by Gasteiger charge is -2.23. The monoisotopic (exact) mass is 407 g/mol. The maximum absolute atomic E-state index is 13.4. The van der Waals surface area contributed by atoms with Crippen LogP contribution in [0.5, 0.6) is 0 Å². The van der Waals surface area contributed by atoms with Crippen molar-refractivity contribution in [1.29, 1.82) is 0 Å². The van der Waals surface area contributed by atoms with Gasteiger partial charge in [-0.25, -0.2) is 12.7 Å². The van der Waals surface area contributed by atoms with Gasteiger partial charge in [-0.3, -0.25) is 4.79 Å². The fourth-order valence-electron chi connectivity index (χ4n) is 3.10. The molecule has 0 heterocycles. The molecule has 0 spiro atoms. The molecule has 0 aliphatic rings. The molecule has 5 heteroatoms. The van der Waals surface area contributed by atoms with Gasteiger partial charge in [0.25, 0.3) is 10.0 Å². The molecule has 0 N–H and O–H groups in total. The lowest BCUT2D eigenvalue weighted by atomic mass is 10.1. The summed E-state index contributed by atoms with van der Waals surface area (Å²) in [5.41, 5.74) is 3.40. The number of rotatable bonds is 7. The number of amides is 1. The quantitative estimate of drug-likeness (QED) is 0.559. The van der Waals surface area contributed by atoms with E-state index < -0.39 is 15.9 Å². The standard InChI is InChI=1S/C24H25NO3S/c1-3-20-11-14-22(15-12-20)25(24(26)18-13-21-7-5-4-6-8-21)29(27,28)23-16-9-19(2)10-17-23/h4-12,14-17H,3,13,18H2,1-2H3. The maximum atomic E-state index is 13.4. The summed E-state index contributed by atoms with van der Waals surface area (Å²) in [6.45, 7) is 3.92. The van der Waals surface area contributed by atoms with E-state index >= 15 is 0 Å². The highest BCUT2D eigenvalue weighted by atomic mass is 32.2. The van der Waals surface area contributed by atoms with Crippen LogP contribution in [0.2, 0.25) is 0 Å². The number of carbonyl (C=O) groups excluding carboxylic acids is 1. The molecule has 0 unspecified atom stereocenters. The third-order valence-corrected chi connectivity index (χ3v) is 6.60. The Morgan fingerprint density at radius 2 is 1.45 bits per heavy atom. The topological polar surface area (TPSA) is 54.5 Å². The first-order valence-corrected chi connectivity index (χ1v) is 11.1. The summed E-state index contributed by atoms with van der Waals surface area (Å²) < 4.78 is 27.7. The molecule has 0 saturated heterocycles. The zero-order valence-corrected chi connectivity index (χ0v) is 17.5. The average molecular weight is 408 g/mol. The number of nitrogens with zero attached hydrogens (tertiary/aromatic N) is 1. The summed E-state index contributed by atoms with van der Waals surface area (Å²) in [5, 5.41) is 0. The molecule has 0 aliphatic heterocycles. The number of hydrogen-bond donors (Lipinski definition) is 0. The highest BCUT2D eigenvalue weighted by molar-refractivity contribution is 7.93. The van der Waals surface area contributed by atoms with E-state index in [-0.39, 0.29) is 11.3 Å². The van der Waals surface area contributed by atoms with Gasteiger partial charge in [0.05, 0.1) is 10.6 Å². The molecule has 0 aromatic heterocycles. The number of aryl methyl sites for hydroxylation is 3. The highest BCUT2D eigenvalue weighted by Gasteiger charge is 2.30. The minimum Gasteiger partial charge on any atom is -0.273 e. The molecular weight excluding hydrogens is 382 g/mol. The van der Waals surface area contributed by atoms with Crippen LogP contribution in [0.1, 0.15) is 30.0 Å². The normalized spacial score (nSPS) is 11.2. The zero-order valence-electron chi connectivity index (χ0n) is 16.7. The Kier molecular flexibility index (Phi) is 6.49. The molecule has 0 aliphatic carbocycles. The predicted molar refractivity (Wildman–Crippen MR) is 116 cm³/mol. The van der Waals surface area contributed by atoms with Crippen molar-refractivity contribution < 1.29 is 13.2 Å². The van der Waals surface area contributed by atoms with Crippen LogP contribution in [0.15, 0.2) is 83.8 Å². The van der Waals surface area contributed by atoms with E-state index in [0.29, 0.717) is 12.1 Å². The van der Waals surface area contributed by atoms with Gasteiger partial charge in [-0.15, -0.1) is 0 Å². The molecule has 0 radical (unpaired) electrons. The summed E-state index contributed by atoms with van der Waals surface area (Å²) >= 11 is 0. The van der Waals surface area contributed by atoms with Gasteiger partial charge in [0, 0.05) is 6.42 Å². The minimum atomic E-state index is -4.01. The third kappa shape index (κ3) is 4.93. The summed E-state index contributed by atoms with van der Waals surface area (Å²) in [6, 6.07) is 23.3. The summed E-state index contributed by atoms with van der Waals surface area (Å²) in [5.74, 6) is -0.446. The number of sulfonamides is 1. The number of carbonyl (C=O) groups is 1. The van der Waals surface area contributed by atoms with Crippen molar-refractivity contribution in [3.63, 3.8) is 0 Å². The Balaban J connectivity index is 1.96. The second kappa shape index (κ2) is 9.05. The Labute approximate surface area is 172 Å². The molecule has 3 aromatic carbocycles. The molecule has 0 atom stereocenters. The first-order chi connectivity index (χ1) is 13.9. The second-order valence-corrected chi connectivity index (χ2v) is 8.77. The Morgan fingerprint density at radius 3 is 2.03 bits per heavy atom. The van der Waals surface area contributed by atoms with Crippen molar-refractivity contribution in [2.45, 2.75) is 38.0 Å². The highest BCUT2D eigenvalue weighted by Crippen LogP contribution is 2.26. The SMILES string of the molecule is CCc1ccc(N(C(=O)CCc2ccccc2)S(=O)(=O)c2ccc(C)cc2)cc1. The van der Waals surface area contributed by atoms with Crippen LogP contribution in [0.4, 0.5) is 5.69 Å². The van der Waals surface area contributed by atoms with E-state index in [1.54, 1.807) is 36.4 Å². The summed E-state index contributed by atoms with van der Waals surface area (Å²) in [4.78, 5) is 13.2. The van der Waals surface area contributed by atoms with E-state index in [1.807, 2.05) is 56.3 Å². The van der Waals surface area contributed by atoms with Gasteiger partial charge < -0.3 is 0 Å². The molecular formula is C24H25NO3S. The average Bonchev–Trinajstić information content (AvgIpc) is 2.74. The van der Waals surface area contributed by atoms with Gasteiger partial charge in [-0.2, -0.15) is 0 Å². The second-order valence-electron chi connectivity index (χ2n) is 6.98. The van der Waals surface area contributed by atoms with Gasteiger partial charge >= 0.3 is 0 Å². The summed E-state index contributed by atoms with van der Waals surface area (Å²) in [7, 11) is -4.01. The van der Waals surface area contributed by atoms with E-state index in [1.165, 1.54) is 0 Å². The molecule has 1 amide bonds. The van der Waals surface area contributed by atoms with E-state index in [2.05, 4.69) is 0 Å². The molecule has 0 fully saturated rings. The molecule has 0 saturated carbocycles. The van der Waals surface area contributed by atoms with Crippen molar-refractivity contribution in [1.82, 2.24) is 0 Å². The molecule has 150 valence electrons. The Morgan fingerprint density at radius 1 is 0.828 bits per heavy atom. The molecule has 3 rings (SSSR count). The number of hydrogen-bond acceptors (Lipinski definition) is 3. The Hall–Kier alpha value is -2.92. The first-order valence-electron chi connectivity index (χ1n) is 9.69. The van der Waals surface area contributed by atoms with Crippen LogP contribution in [-0.2, 0) is 27.7 Å². The van der Waals surface area contributed by atoms with Crippen molar-refractivity contribution in [3.8, 4) is 0 Å². The van der Waals surface area contributed by atoms with Crippen molar-refractivity contribution in [2.24, 2.45) is 0 Å². The van der Waals surface area contributed by atoms with E-state index in [0.717, 1.165) is 27.4 Å². The first kappa shape index (κ1) is 20.8.